The van der Waals surface area contributed by atoms with E-state index in [1.807, 2.05) is 0 Å². The Labute approximate surface area is 149 Å². The molecule has 26 heavy (non-hydrogen) atoms. The summed E-state index contributed by atoms with van der Waals surface area (Å²) in [4.78, 5) is 44.3. The number of benzene rings is 2. The summed E-state index contributed by atoms with van der Waals surface area (Å²) in [6, 6.07) is 14.2. The molecule has 0 spiro atoms. The third kappa shape index (κ3) is 4.23. The Kier molecular flexibility index (Phi) is 4.93. The summed E-state index contributed by atoms with van der Waals surface area (Å²) in [6.45, 7) is 0. The average Bonchev–Trinajstić information content (AvgIpc) is 2.82. The first-order valence-electron chi connectivity index (χ1n) is 7.89. The maximum atomic E-state index is 11.1. The molecule has 2 aromatic carbocycles. The molecule has 0 bridgehead atoms. The number of fused-ring (bicyclic) bond motifs is 2. The fourth-order valence-corrected chi connectivity index (χ4v) is 2.47. The van der Waals surface area contributed by atoms with Crippen molar-refractivity contribution in [1.29, 1.82) is 0 Å². The van der Waals surface area contributed by atoms with Crippen LogP contribution in [0.5, 0.6) is 0 Å². The van der Waals surface area contributed by atoms with Gasteiger partial charge in [-0.25, -0.2) is 0 Å². The molecular weight excluding hydrogens is 336 g/mol. The van der Waals surface area contributed by atoms with Gasteiger partial charge in [0.25, 0.3) is 0 Å². The van der Waals surface area contributed by atoms with Gasteiger partial charge in [-0.1, -0.05) is 24.3 Å². The zero-order chi connectivity index (χ0) is 18.5. The van der Waals surface area contributed by atoms with Crippen molar-refractivity contribution in [2.75, 3.05) is 21.3 Å². The van der Waals surface area contributed by atoms with Crippen molar-refractivity contribution in [1.82, 2.24) is 0 Å². The summed E-state index contributed by atoms with van der Waals surface area (Å²) >= 11 is 0. The predicted octanol–water partition coefficient (Wildman–Crippen LogP) is 1.93. The van der Waals surface area contributed by atoms with E-state index in [2.05, 4.69) is 21.3 Å². The minimum absolute atomic E-state index is 0.116. The number of hydrogen-bond acceptors (Lipinski definition) is 4. The number of nitrogens with one attached hydrogen (secondary N) is 4. The van der Waals surface area contributed by atoms with Crippen LogP contribution in [0.1, 0.15) is 12.8 Å². The number of hydrogen-bond donors (Lipinski definition) is 4. The highest BCUT2D eigenvalue weighted by Crippen LogP contribution is 2.24. The van der Waals surface area contributed by atoms with Gasteiger partial charge < -0.3 is 21.3 Å². The fraction of sp³-hybridized carbons (Fsp3) is 0.111. The second-order valence-corrected chi connectivity index (χ2v) is 5.64. The van der Waals surface area contributed by atoms with Crippen molar-refractivity contribution >= 4 is 46.4 Å². The summed E-state index contributed by atoms with van der Waals surface area (Å²) in [6.07, 6.45) is -0.233. The Morgan fingerprint density at radius 1 is 0.462 bits per heavy atom. The zero-order valence-electron chi connectivity index (χ0n) is 13.7. The van der Waals surface area contributed by atoms with Gasteiger partial charge in [-0.15, -0.1) is 0 Å². The summed E-state index contributed by atoms with van der Waals surface area (Å²) in [5.74, 6) is -1.10. The topological polar surface area (TPSA) is 116 Å². The minimum Gasteiger partial charge on any atom is -0.324 e. The Morgan fingerprint density at radius 3 is 0.923 bits per heavy atom. The molecule has 4 amide bonds. The maximum Gasteiger partial charge on any atom is 0.233 e. The van der Waals surface area contributed by atoms with Crippen LogP contribution >= 0.6 is 0 Å². The number of para-hydroxylation sites is 4. The van der Waals surface area contributed by atoms with Crippen LogP contribution in [-0.2, 0) is 19.2 Å². The van der Waals surface area contributed by atoms with Gasteiger partial charge in [-0.3, -0.25) is 19.2 Å². The lowest BCUT2D eigenvalue weighted by Crippen LogP contribution is -2.16. The summed E-state index contributed by atoms with van der Waals surface area (Å²) in [5.41, 5.74) is 2.61. The molecule has 132 valence electrons. The number of amides is 4. The van der Waals surface area contributed by atoms with E-state index in [0.717, 1.165) is 0 Å². The lowest BCUT2D eigenvalue weighted by atomic mass is 10.2. The van der Waals surface area contributed by atoms with Crippen molar-refractivity contribution in [3.05, 3.63) is 48.5 Å². The quantitative estimate of drug-likeness (QED) is 0.542. The molecule has 0 atom stereocenters. The zero-order valence-corrected chi connectivity index (χ0v) is 13.7. The molecule has 4 N–H and O–H groups in total. The van der Waals surface area contributed by atoms with Crippen LogP contribution in [0.2, 0.25) is 0 Å². The van der Waals surface area contributed by atoms with Crippen LogP contribution in [0.3, 0.4) is 0 Å². The van der Waals surface area contributed by atoms with Gasteiger partial charge >= 0.3 is 0 Å². The molecule has 0 saturated heterocycles. The van der Waals surface area contributed by atoms with E-state index in [-0.39, 0.29) is 36.5 Å². The van der Waals surface area contributed by atoms with Gasteiger partial charge in [-0.05, 0) is 24.3 Å². The molecule has 4 rings (SSSR count). The first kappa shape index (κ1) is 17.2. The molecule has 2 aliphatic rings. The van der Waals surface area contributed by atoms with Crippen LogP contribution in [0.25, 0.3) is 0 Å². The highest BCUT2D eigenvalue weighted by molar-refractivity contribution is 6.13. The Bertz CT molecular complexity index is 751. The van der Waals surface area contributed by atoms with Gasteiger partial charge in [0.1, 0.15) is 12.8 Å². The van der Waals surface area contributed by atoms with Gasteiger partial charge in [0, 0.05) is 0 Å². The van der Waals surface area contributed by atoms with Crippen LogP contribution < -0.4 is 21.3 Å². The molecule has 8 nitrogen and oxygen atoms in total. The molecular formula is C18H16N4O4. The molecule has 2 heterocycles. The van der Waals surface area contributed by atoms with Crippen molar-refractivity contribution in [3.8, 4) is 0 Å². The van der Waals surface area contributed by atoms with Crippen LogP contribution in [0.4, 0.5) is 22.7 Å². The van der Waals surface area contributed by atoms with Crippen LogP contribution in [0.15, 0.2) is 48.5 Å². The molecule has 0 unspecified atom stereocenters. The molecule has 0 fully saturated rings. The van der Waals surface area contributed by atoms with Gasteiger partial charge in [0.15, 0.2) is 0 Å². The van der Waals surface area contributed by atoms with Gasteiger partial charge in [-0.2, -0.15) is 0 Å². The highest BCUT2D eigenvalue weighted by Gasteiger charge is 2.17. The smallest absolute Gasteiger partial charge is 0.233 e. The molecule has 0 aromatic heterocycles. The van der Waals surface area contributed by atoms with E-state index in [9.17, 15) is 19.2 Å². The maximum absolute atomic E-state index is 11.1. The standard InChI is InChI=1S/2C9H8N2O2/c2*12-8-5-9(13)11-7-4-2-1-3-6(7)10-8/h2*1-4H,5H2,(H,10,12)(H,11,13). The van der Waals surface area contributed by atoms with Crippen molar-refractivity contribution in [2.45, 2.75) is 12.8 Å². The molecule has 2 aliphatic heterocycles. The largest absolute Gasteiger partial charge is 0.324 e. The average molecular weight is 352 g/mol. The fourth-order valence-electron chi connectivity index (χ4n) is 2.47. The van der Waals surface area contributed by atoms with E-state index >= 15 is 0 Å². The second-order valence-electron chi connectivity index (χ2n) is 5.64. The van der Waals surface area contributed by atoms with Crippen LogP contribution in [0, 0.1) is 0 Å². The van der Waals surface area contributed by atoms with Crippen molar-refractivity contribution < 1.29 is 19.2 Å². The molecule has 0 radical (unpaired) electrons. The van der Waals surface area contributed by atoms with Gasteiger partial charge in [0.05, 0.1) is 22.7 Å². The van der Waals surface area contributed by atoms with E-state index in [0.29, 0.717) is 22.7 Å². The third-order valence-electron chi connectivity index (χ3n) is 3.59. The number of anilines is 4. The Morgan fingerprint density at radius 2 is 0.692 bits per heavy atom. The lowest BCUT2D eigenvalue weighted by molar-refractivity contribution is -0.125. The minimum atomic E-state index is -0.276. The first-order chi connectivity index (χ1) is 12.5. The van der Waals surface area contributed by atoms with Crippen molar-refractivity contribution in [2.24, 2.45) is 0 Å². The summed E-state index contributed by atoms with van der Waals surface area (Å²) < 4.78 is 0. The molecule has 0 saturated carbocycles. The molecule has 8 heteroatoms. The van der Waals surface area contributed by atoms with Gasteiger partial charge in [0.2, 0.25) is 23.6 Å². The van der Waals surface area contributed by atoms with E-state index in [1.54, 1.807) is 48.5 Å². The number of rotatable bonds is 0. The normalized spacial score (nSPS) is 15.4. The van der Waals surface area contributed by atoms with Crippen molar-refractivity contribution in [3.63, 3.8) is 0 Å². The third-order valence-corrected chi connectivity index (χ3v) is 3.59. The van der Waals surface area contributed by atoms with E-state index < -0.39 is 0 Å². The summed E-state index contributed by atoms with van der Waals surface area (Å²) in [5, 5.41) is 10.5. The summed E-state index contributed by atoms with van der Waals surface area (Å²) in [7, 11) is 0. The van der Waals surface area contributed by atoms with E-state index in [1.165, 1.54) is 0 Å². The van der Waals surface area contributed by atoms with Crippen LogP contribution in [-0.4, -0.2) is 23.6 Å². The first-order valence-corrected chi connectivity index (χ1v) is 7.89. The highest BCUT2D eigenvalue weighted by atomic mass is 16.2. The second kappa shape index (κ2) is 7.47. The monoisotopic (exact) mass is 352 g/mol. The molecule has 2 aromatic rings. The van der Waals surface area contributed by atoms with E-state index in [4.69, 9.17) is 0 Å². The molecule has 0 aliphatic carbocycles. The Hall–Kier alpha value is -3.68. The number of carbonyl (C=O) groups is 4. The Balaban J connectivity index is 0.000000151. The number of carbonyl (C=O) groups excluding carboxylic acids is 4. The predicted molar refractivity (Wildman–Crippen MR) is 96.6 cm³/mol. The SMILES string of the molecule is O=C1CC(=O)Nc2ccccc2N1.O=C1CC(=O)Nc2ccccc2N1. The lowest BCUT2D eigenvalue weighted by Gasteiger charge is -2.04.